The maximum atomic E-state index is 14.0. The molecule has 0 aliphatic carbocycles. The molecular weight excluding hydrogens is 477 g/mol. The molecule has 4 rings (SSSR count). The Morgan fingerprint density at radius 1 is 1.08 bits per heavy atom. The number of aromatic nitrogens is 3. The lowest BCUT2D eigenvalue weighted by Gasteiger charge is -2.07. The van der Waals surface area contributed by atoms with Crippen molar-refractivity contribution in [2.75, 3.05) is 11.1 Å². The number of hydrogen-bond donors (Lipinski definition) is 3. The first-order chi connectivity index (χ1) is 17.0. The second kappa shape index (κ2) is 9.56. The van der Waals surface area contributed by atoms with Crippen LogP contribution < -0.4 is 16.8 Å². The maximum Gasteiger partial charge on any atom is 0.254 e. The lowest BCUT2D eigenvalue weighted by atomic mass is 10.0. The van der Waals surface area contributed by atoms with Gasteiger partial charge in [-0.25, -0.2) is 17.9 Å². The van der Waals surface area contributed by atoms with Crippen LogP contribution in [0, 0.1) is 17.5 Å². The Labute approximate surface area is 202 Å². The quantitative estimate of drug-likeness (QED) is 0.351. The van der Waals surface area contributed by atoms with Crippen molar-refractivity contribution in [3.8, 4) is 22.5 Å². The van der Waals surface area contributed by atoms with Crippen molar-refractivity contribution >= 4 is 23.5 Å². The van der Waals surface area contributed by atoms with Crippen LogP contribution in [0.5, 0.6) is 0 Å². The molecule has 9 nitrogen and oxygen atoms in total. The first kappa shape index (κ1) is 24.5. The van der Waals surface area contributed by atoms with E-state index < -0.39 is 34.8 Å². The average molecular weight is 498 g/mol. The van der Waals surface area contributed by atoms with Crippen molar-refractivity contribution in [2.45, 2.75) is 26.3 Å². The summed E-state index contributed by atoms with van der Waals surface area (Å²) >= 11 is 0. The third-order valence-electron chi connectivity index (χ3n) is 5.31. The topological polar surface area (TPSA) is 142 Å². The van der Waals surface area contributed by atoms with E-state index in [9.17, 15) is 22.8 Å². The van der Waals surface area contributed by atoms with Crippen molar-refractivity contribution in [1.29, 1.82) is 0 Å². The fraction of sp³-hybridized carbons (Fsp3) is 0.167. The van der Waals surface area contributed by atoms with Crippen LogP contribution in [0.4, 0.5) is 24.9 Å². The summed E-state index contributed by atoms with van der Waals surface area (Å²) in [6, 6.07) is 8.75. The van der Waals surface area contributed by atoms with Crippen LogP contribution in [-0.2, 0) is 11.2 Å². The largest absolute Gasteiger partial charge is 0.383 e. The number of carbonyl (C=O) groups is 2. The highest BCUT2D eigenvalue weighted by atomic mass is 19.1. The number of halogens is 3. The van der Waals surface area contributed by atoms with Crippen LogP contribution in [0.25, 0.3) is 22.5 Å². The number of hydrogen-bond acceptors (Lipinski definition) is 6. The van der Waals surface area contributed by atoms with Crippen molar-refractivity contribution < 1.29 is 27.3 Å². The van der Waals surface area contributed by atoms with Crippen LogP contribution in [0.1, 0.15) is 35.8 Å². The molecule has 0 fully saturated rings. The molecule has 0 spiro atoms. The van der Waals surface area contributed by atoms with Crippen LogP contribution >= 0.6 is 0 Å². The highest BCUT2D eigenvalue weighted by Crippen LogP contribution is 2.30. The van der Waals surface area contributed by atoms with E-state index in [0.29, 0.717) is 29.0 Å². The van der Waals surface area contributed by atoms with Gasteiger partial charge >= 0.3 is 0 Å². The summed E-state index contributed by atoms with van der Waals surface area (Å²) in [6.07, 6.45) is -0.0686. The molecule has 0 aliphatic rings. The van der Waals surface area contributed by atoms with Crippen molar-refractivity contribution in [3.05, 3.63) is 71.0 Å². The van der Waals surface area contributed by atoms with Gasteiger partial charge in [0.15, 0.2) is 0 Å². The predicted octanol–water partition coefficient (Wildman–Crippen LogP) is 4.07. The van der Waals surface area contributed by atoms with E-state index >= 15 is 0 Å². The molecule has 36 heavy (non-hydrogen) atoms. The molecule has 0 unspecified atom stereocenters. The number of primary amides is 1. The molecule has 2 amide bonds. The zero-order valence-electron chi connectivity index (χ0n) is 19.2. The number of carbonyl (C=O) groups excluding carboxylic acids is 2. The van der Waals surface area contributed by atoms with E-state index in [1.165, 1.54) is 4.68 Å². The molecule has 2 aromatic heterocycles. The van der Waals surface area contributed by atoms with Gasteiger partial charge in [-0.05, 0) is 19.4 Å². The fourth-order valence-electron chi connectivity index (χ4n) is 3.67. The van der Waals surface area contributed by atoms with E-state index in [4.69, 9.17) is 16.0 Å². The molecule has 2 heterocycles. The summed E-state index contributed by atoms with van der Waals surface area (Å²) < 4.78 is 47.5. The number of anilines is 2. The maximum absolute atomic E-state index is 14.0. The zero-order valence-corrected chi connectivity index (χ0v) is 19.2. The summed E-state index contributed by atoms with van der Waals surface area (Å²) in [4.78, 5) is 24.4. The minimum absolute atomic E-state index is 0.0686. The predicted molar refractivity (Wildman–Crippen MR) is 125 cm³/mol. The van der Waals surface area contributed by atoms with E-state index in [-0.39, 0.29) is 35.4 Å². The lowest BCUT2D eigenvalue weighted by Crippen LogP contribution is -2.15. The minimum atomic E-state index is -1.15. The molecule has 5 N–H and O–H groups in total. The normalized spacial score (nSPS) is 11.2. The average Bonchev–Trinajstić information content (AvgIpc) is 3.37. The number of amides is 2. The fourth-order valence-corrected chi connectivity index (χ4v) is 3.67. The zero-order chi connectivity index (χ0) is 26.1. The monoisotopic (exact) mass is 498 g/mol. The molecular formula is C24H21F3N6O3. The van der Waals surface area contributed by atoms with Gasteiger partial charge in [0.2, 0.25) is 11.8 Å². The number of nitrogens with two attached hydrogens (primary N) is 2. The second-order valence-electron chi connectivity index (χ2n) is 8.25. The Kier molecular flexibility index (Phi) is 6.51. The molecule has 2 aromatic carbocycles. The van der Waals surface area contributed by atoms with Gasteiger partial charge in [-0.3, -0.25) is 14.9 Å². The highest BCUT2D eigenvalue weighted by molar-refractivity contribution is 6.03. The van der Waals surface area contributed by atoms with Crippen molar-refractivity contribution in [3.63, 3.8) is 0 Å². The molecule has 0 radical (unpaired) electrons. The van der Waals surface area contributed by atoms with Gasteiger partial charge in [0.05, 0.1) is 12.0 Å². The molecule has 186 valence electrons. The Bertz CT molecular complexity index is 1440. The molecule has 0 saturated heterocycles. The van der Waals surface area contributed by atoms with Crippen LogP contribution in [0.3, 0.4) is 0 Å². The van der Waals surface area contributed by atoms with E-state index in [1.807, 2.05) is 13.8 Å². The van der Waals surface area contributed by atoms with Crippen molar-refractivity contribution in [1.82, 2.24) is 14.9 Å². The minimum Gasteiger partial charge on any atom is -0.383 e. The first-order valence-electron chi connectivity index (χ1n) is 10.7. The Balaban J connectivity index is 1.48. The summed E-state index contributed by atoms with van der Waals surface area (Å²) in [5, 5.41) is 10.4. The summed E-state index contributed by atoms with van der Waals surface area (Å²) in [6.45, 7) is 3.73. The van der Waals surface area contributed by atoms with Crippen molar-refractivity contribution in [2.24, 2.45) is 5.73 Å². The molecule has 12 heteroatoms. The van der Waals surface area contributed by atoms with Gasteiger partial charge in [-0.1, -0.05) is 29.4 Å². The van der Waals surface area contributed by atoms with Gasteiger partial charge in [-0.2, -0.15) is 5.10 Å². The van der Waals surface area contributed by atoms with Crippen LogP contribution in [-0.4, -0.2) is 26.8 Å². The SMILES string of the molecule is CC(C)n1nc(-c2ccc(CC(=O)Nc3cc(-c4c(F)cc(F)cc4F)no3)cc2)c(C(N)=O)c1N. The van der Waals surface area contributed by atoms with Gasteiger partial charge in [0, 0.05) is 29.8 Å². The molecule has 0 aliphatic heterocycles. The second-order valence-corrected chi connectivity index (χ2v) is 8.25. The lowest BCUT2D eigenvalue weighted by molar-refractivity contribution is -0.115. The van der Waals surface area contributed by atoms with Gasteiger partial charge in [0.1, 0.15) is 40.2 Å². The standard InChI is InChI=1S/C24H21F3N6O3/c1-11(2)33-23(28)21(24(29)35)22(31-33)13-5-3-12(4-6-13)7-18(34)30-19-10-17(32-36-19)20-15(26)8-14(25)9-16(20)27/h3-6,8-11H,7,28H2,1-2H3,(H2,29,35)(H,30,34). The van der Waals surface area contributed by atoms with E-state index in [2.05, 4.69) is 15.6 Å². The van der Waals surface area contributed by atoms with Crippen LogP contribution in [0.15, 0.2) is 47.0 Å². The molecule has 0 saturated carbocycles. The smallest absolute Gasteiger partial charge is 0.254 e. The van der Waals surface area contributed by atoms with Gasteiger partial charge in [-0.15, -0.1) is 0 Å². The number of nitrogens with one attached hydrogen (secondary N) is 1. The Morgan fingerprint density at radius 3 is 2.31 bits per heavy atom. The van der Waals surface area contributed by atoms with Gasteiger partial charge < -0.3 is 16.0 Å². The number of benzene rings is 2. The number of nitrogens with zero attached hydrogens (tertiary/aromatic N) is 3. The Hall–Kier alpha value is -4.61. The summed E-state index contributed by atoms with van der Waals surface area (Å²) in [7, 11) is 0. The van der Waals surface area contributed by atoms with Gasteiger partial charge in [0.25, 0.3) is 5.91 Å². The van der Waals surface area contributed by atoms with Crippen LogP contribution in [0.2, 0.25) is 0 Å². The van der Waals surface area contributed by atoms with E-state index in [1.54, 1.807) is 24.3 Å². The highest BCUT2D eigenvalue weighted by Gasteiger charge is 2.23. The first-order valence-corrected chi connectivity index (χ1v) is 10.7. The third-order valence-corrected chi connectivity index (χ3v) is 5.31. The number of rotatable bonds is 7. The summed E-state index contributed by atoms with van der Waals surface area (Å²) in [5.74, 6) is -4.55. The third kappa shape index (κ3) is 4.78. The Morgan fingerprint density at radius 2 is 1.72 bits per heavy atom. The molecule has 4 aromatic rings. The van der Waals surface area contributed by atoms with E-state index in [0.717, 1.165) is 6.07 Å². The molecule has 0 atom stereocenters. The number of nitrogen functional groups attached to an aromatic ring is 1. The summed E-state index contributed by atoms with van der Waals surface area (Å²) in [5.41, 5.74) is 12.4. The molecule has 0 bridgehead atoms.